The van der Waals surface area contributed by atoms with E-state index in [0.29, 0.717) is 12.4 Å². The average molecular weight is 329 g/mol. The average Bonchev–Trinajstić information content (AvgIpc) is 2.98. The molecule has 0 aliphatic carbocycles. The van der Waals surface area contributed by atoms with Crippen LogP contribution in [0.3, 0.4) is 0 Å². The van der Waals surface area contributed by atoms with Crippen molar-refractivity contribution in [3.8, 4) is 22.8 Å². The highest BCUT2D eigenvalue weighted by atomic mass is 79.9. The molecule has 20 heavy (non-hydrogen) atoms. The van der Waals surface area contributed by atoms with Crippen molar-refractivity contribution in [2.45, 2.75) is 6.54 Å². The van der Waals surface area contributed by atoms with Crippen LogP contribution in [0, 0.1) is 0 Å². The summed E-state index contributed by atoms with van der Waals surface area (Å²) in [4.78, 5) is 4.52. The molecule has 100 valence electrons. The van der Waals surface area contributed by atoms with Crippen molar-refractivity contribution in [3.05, 3.63) is 58.6 Å². The van der Waals surface area contributed by atoms with Gasteiger partial charge in [-0.25, -0.2) is 4.98 Å². The van der Waals surface area contributed by atoms with Crippen molar-refractivity contribution in [2.24, 2.45) is 5.73 Å². The van der Waals surface area contributed by atoms with Crippen molar-refractivity contribution in [3.63, 3.8) is 0 Å². The number of nitrogens with two attached hydrogens (primary N) is 1. The van der Waals surface area contributed by atoms with Gasteiger partial charge in [0, 0.05) is 22.1 Å². The quantitative estimate of drug-likeness (QED) is 0.774. The molecule has 1 heterocycles. The van der Waals surface area contributed by atoms with Crippen LogP contribution in [0.5, 0.6) is 0 Å². The summed E-state index contributed by atoms with van der Waals surface area (Å²) in [5.41, 5.74) is 8.67. The Balaban J connectivity index is 1.91. The lowest BCUT2D eigenvalue weighted by molar-refractivity contribution is 1.07. The third-order valence-electron chi connectivity index (χ3n) is 3.05. The number of halogens is 1. The van der Waals surface area contributed by atoms with E-state index in [9.17, 15) is 0 Å². The van der Waals surface area contributed by atoms with Crippen molar-refractivity contribution < 1.29 is 0 Å². The van der Waals surface area contributed by atoms with Crippen molar-refractivity contribution >= 4 is 15.9 Å². The van der Waals surface area contributed by atoms with E-state index in [4.69, 9.17) is 5.73 Å². The van der Waals surface area contributed by atoms with Gasteiger partial charge in [-0.3, -0.25) is 5.10 Å². The first-order valence-electron chi connectivity index (χ1n) is 6.24. The summed E-state index contributed by atoms with van der Waals surface area (Å²) in [6.45, 7) is 0.542. The van der Waals surface area contributed by atoms with E-state index in [1.54, 1.807) is 0 Å². The van der Waals surface area contributed by atoms with E-state index >= 15 is 0 Å². The molecule has 0 aliphatic heterocycles. The fourth-order valence-electron chi connectivity index (χ4n) is 1.92. The fourth-order valence-corrected chi connectivity index (χ4v) is 2.18. The predicted molar refractivity (Wildman–Crippen MR) is 82.8 cm³/mol. The number of hydrogen-bond donors (Lipinski definition) is 2. The van der Waals surface area contributed by atoms with Gasteiger partial charge in [-0.2, -0.15) is 5.10 Å². The Kier molecular flexibility index (Phi) is 3.62. The lowest BCUT2D eigenvalue weighted by Crippen LogP contribution is -1.95. The molecular formula is C15H13BrN4. The smallest absolute Gasteiger partial charge is 0.181 e. The summed E-state index contributed by atoms with van der Waals surface area (Å²) < 4.78 is 1.04. The zero-order chi connectivity index (χ0) is 13.9. The predicted octanol–water partition coefficient (Wildman–Crippen LogP) is 3.36. The molecule has 1 aromatic heterocycles. The van der Waals surface area contributed by atoms with Gasteiger partial charge >= 0.3 is 0 Å². The molecule has 0 spiro atoms. The molecule has 0 fully saturated rings. The molecule has 3 aromatic rings. The Morgan fingerprint density at radius 1 is 0.950 bits per heavy atom. The summed E-state index contributed by atoms with van der Waals surface area (Å²) in [6, 6.07) is 15.9. The molecule has 3 N–H and O–H groups in total. The van der Waals surface area contributed by atoms with Gasteiger partial charge in [0.15, 0.2) is 11.6 Å². The van der Waals surface area contributed by atoms with Crippen molar-refractivity contribution in [2.75, 3.05) is 0 Å². The third kappa shape index (κ3) is 2.64. The summed E-state index contributed by atoms with van der Waals surface area (Å²) in [5, 5.41) is 7.23. The van der Waals surface area contributed by atoms with Crippen LogP contribution in [0.4, 0.5) is 0 Å². The first-order chi connectivity index (χ1) is 9.76. The number of hydrogen-bond acceptors (Lipinski definition) is 3. The van der Waals surface area contributed by atoms with E-state index in [2.05, 4.69) is 31.1 Å². The zero-order valence-electron chi connectivity index (χ0n) is 10.7. The maximum atomic E-state index is 5.59. The molecule has 0 bridgehead atoms. The zero-order valence-corrected chi connectivity index (χ0v) is 12.3. The van der Waals surface area contributed by atoms with Gasteiger partial charge in [-0.05, 0) is 17.7 Å². The maximum Gasteiger partial charge on any atom is 0.181 e. The van der Waals surface area contributed by atoms with Crippen LogP contribution in [-0.2, 0) is 6.54 Å². The topological polar surface area (TPSA) is 67.6 Å². The number of aromatic amines is 1. The second kappa shape index (κ2) is 5.56. The Hall–Kier alpha value is -1.98. The first-order valence-corrected chi connectivity index (χ1v) is 7.03. The van der Waals surface area contributed by atoms with E-state index in [0.717, 1.165) is 27.0 Å². The van der Waals surface area contributed by atoms with Crippen LogP contribution in [0.2, 0.25) is 0 Å². The normalized spacial score (nSPS) is 10.7. The lowest BCUT2D eigenvalue weighted by Gasteiger charge is -1.98. The van der Waals surface area contributed by atoms with Gasteiger partial charge < -0.3 is 5.73 Å². The monoisotopic (exact) mass is 328 g/mol. The molecule has 0 saturated carbocycles. The van der Waals surface area contributed by atoms with Crippen molar-refractivity contribution in [1.82, 2.24) is 15.2 Å². The minimum atomic E-state index is 0.542. The molecule has 0 atom stereocenters. The fraction of sp³-hybridized carbons (Fsp3) is 0.0667. The molecule has 4 nitrogen and oxygen atoms in total. The Bertz CT molecular complexity index is 701. The molecule has 5 heteroatoms. The van der Waals surface area contributed by atoms with E-state index < -0.39 is 0 Å². The number of rotatable bonds is 3. The minimum Gasteiger partial charge on any atom is -0.326 e. The second-order valence-electron chi connectivity index (χ2n) is 4.42. The summed E-state index contributed by atoms with van der Waals surface area (Å²) in [5.74, 6) is 1.45. The lowest BCUT2D eigenvalue weighted by atomic mass is 10.1. The Labute approximate surface area is 125 Å². The van der Waals surface area contributed by atoms with E-state index in [1.165, 1.54) is 0 Å². The van der Waals surface area contributed by atoms with Crippen LogP contribution < -0.4 is 5.73 Å². The number of benzene rings is 2. The van der Waals surface area contributed by atoms with Gasteiger partial charge in [0.25, 0.3) is 0 Å². The van der Waals surface area contributed by atoms with Crippen LogP contribution in [-0.4, -0.2) is 15.2 Å². The molecular weight excluding hydrogens is 316 g/mol. The first kappa shape index (κ1) is 13.0. The molecule has 0 aliphatic rings. The molecule has 2 aromatic carbocycles. The van der Waals surface area contributed by atoms with E-state index in [-0.39, 0.29) is 0 Å². The number of nitrogens with zero attached hydrogens (tertiary/aromatic N) is 2. The molecule has 3 rings (SSSR count). The van der Waals surface area contributed by atoms with Gasteiger partial charge in [0.1, 0.15) is 0 Å². The Morgan fingerprint density at radius 2 is 1.60 bits per heavy atom. The van der Waals surface area contributed by atoms with Gasteiger partial charge in [-0.1, -0.05) is 52.3 Å². The number of nitrogens with one attached hydrogen (secondary N) is 1. The Morgan fingerprint density at radius 3 is 2.25 bits per heavy atom. The second-order valence-corrected chi connectivity index (χ2v) is 5.33. The highest BCUT2D eigenvalue weighted by molar-refractivity contribution is 9.10. The van der Waals surface area contributed by atoms with Crippen LogP contribution in [0.1, 0.15) is 5.56 Å². The molecule has 0 amide bonds. The third-order valence-corrected chi connectivity index (χ3v) is 3.58. The van der Waals surface area contributed by atoms with Gasteiger partial charge in [0.2, 0.25) is 0 Å². The maximum absolute atomic E-state index is 5.59. The number of aromatic nitrogens is 3. The highest BCUT2D eigenvalue weighted by Gasteiger charge is 2.07. The van der Waals surface area contributed by atoms with Gasteiger partial charge in [0.05, 0.1) is 0 Å². The van der Waals surface area contributed by atoms with Crippen molar-refractivity contribution in [1.29, 1.82) is 0 Å². The minimum absolute atomic E-state index is 0.542. The SMILES string of the molecule is NCc1ccc(-c2nc(-c3ccc(Br)cc3)n[nH]2)cc1. The standard InChI is InChI=1S/C15H13BrN4/c16-13-7-5-12(6-8-13)15-18-14(19-20-15)11-3-1-10(9-17)2-4-11/h1-8H,9,17H2,(H,18,19,20). The molecule has 0 saturated heterocycles. The summed E-state index contributed by atoms with van der Waals surface area (Å²) in [7, 11) is 0. The van der Waals surface area contributed by atoms with Crippen LogP contribution >= 0.6 is 15.9 Å². The largest absolute Gasteiger partial charge is 0.326 e. The number of H-pyrrole nitrogens is 1. The van der Waals surface area contributed by atoms with Crippen LogP contribution in [0.25, 0.3) is 22.8 Å². The highest BCUT2D eigenvalue weighted by Crippen LogP contribution is 2.21. The molecule has 0 unspecified atom stereocenters. The molecule has 0 radical (unpaired) electrons. The summed E-state index contributed by atoms with van der Waals surface area (Å²) in [6.07, 6.45) is 0. The van der Waals surface area contributed by atoms with Crippen LogP contribution in [0.15, 0.2) is 53.0 Å². The van der Waals surface area contributed by atoms with E-state index in [1.807, 2.05) is 48.5 Å². The summed E-state index contributed by atoms with van der Waals surface area (Å²) >= 11 is 3.41. The van der Waals surface area contributed by atoms with Gasteiger partial charge in [-0.15, -0.1) is 0 Å².